The van der Waals surface area contributed by atoms with Crippen LogP contribution in [-0.2, 0) is 17.6 Å². The topological polar surface area (TPSA) is 32.3 Å². The number of carbonyl (C=O) groups is 1. The van der Waals surface area contributed by atoms with Gasteiger partial charge in [0.25, 0.3) is 0 Å². The van der Waals surface area contributed by atoms with Crippen molar-refractivity contribution in [2.75, 3.05) is 13.1 Å². The van der Waals surface area contributed by atoms with Crippen LogP contribution in [0.2, 0.25) is 0 Å². The van der Waals surface area contributed by atoms with Crippen LogP contribution in [0, 0.1) is 6.92 Å². The molecule has 1 aromatic heterocycles. The summed E-state index contributed by atoms with van der Waals surface area (Å²) >= 11 is 1.93. The van der Waals surface area contributed by atoms with Gasteiger partial charge in [-0.2, -0.15) is 0 Å². The van der Waals surface area contributed by atoms with E-state index in [0.717, 1.165) is 32.2 Å². The summed E-state index contributed by atoms with van der Waals surface area (Å²) in [4.78, 5) is 17.7. The number of nitrogens with zero attached hydrogens (tertiary/aromatic N) is 1. The van der Waals surface area contributed by atoms with Gasteiger partial charge in [-0.1, -0.05) is 37.3 Å². The third kappa shape index (κ3) is 3.38. The van der Waals surface area contributed by atoms with Crippen LogP contribution in [0.4, 0.5) is 0 Å². The molecule has 1 unspecified atom stereocenters. The van der Waals surface area contributed by atoms with E-state index in [1.54, 1.807) is 0 Å². The van der Waals surface area contributed by atoms with Gasteiger partial charge in [-0.05, 0) is 49.3 Å². The van der Waals surface area contributed by atoms with Crippen LogP contribution in [0.5, 0.6) is 0 Å². The van der Waals surface area contributed by atoms with Gasteiger partial charge in [0.2, 0.25) is 5.91 Å². The first-order chi connectivity index (χ1) is 12.2. The van der Waals surface area contributed by atoms with E-state index in [2.05, 4.69) is 54.4 Å². The van der Waals surface area contributed by atoms with Crippen molar-refractivity contribution < 1.29 is 4.79 Å². The van der Waals surface area contributed by atoms with Crippen molar-refractivity contribution in [3.63, 3.8) is 0 Å². The highest BCUT2D eigenvalue weighted by Crippen LogP contribution is 2.42. The fourth-order valence-electron chi connectivity index (χ4n) is 4.01. The molecule has 2 heterocycles. The largest absolute Gasteiger partial charge is 0.352 e. The molecule has 25 heavy (non-hydrogen) atoms. The quantitative estimate of drug-likeness (QED) is 0.885. The van der Waals surface area contributed by atoms with Crippen molar-refractivity contribution in [3.05, 3.63) is 56.8 Å². The Morgan fingerprint density at radius 2 is 2.04 bits per heavy atom. The second-order valence-electron chi connectivity index (χ2n) is 7.21. The SMILES string of the molecule is CCc1c(C)sc2c1CCN(CC(=O)NC1CC1)C2c1ccccc1. The molecule has 4 heteroatoms. The van der Waals surface area contributed by atoms with Crippen LogP contribution in [-0.4, -0.2) is 29.9 Å². The summed E-state index contributed by atoms with van der Waals surface area (Å²) in [6.45, 7) is 5.94. The van der Waals surface area contributed by atoms with Crippen LogP contribution >= 0.6 is 11.3 Å². The number of hydrogen-bond donors (Lipinski definition) is 1. The summed E-state index contributed by atoms with van der Waals surface area (Å²) in [5.74, 6) is 0.177. The first kappa shape index (κ1) is 16.8. The number of rotatable bonds is 5. The number of carbonyl (C=O) groups excluding carboxylic acids is 1. The lowest BCUT2D eigenvalue weighted by atomic mass is 9.92. The molecule has 1 fully saturated rings. The number of hydrogen-bond acceptors (Lipinski definition) is 3. The number of fused-ring (bicyclic) bond motifs is 1. The van der Waals surface area contributed by atoms with Gasteiger partial charge >= 0.3 is 0 Å². The Hall–Kier alpha value is -1.65. The molecule has 1 N–H and O–H groups in total. The zero-order chi connectivity index (χ0) is 17.4. The van der Waals surface area contributed by atoms with Crippen molar-refractivity contribution >= 4 is 17.2 Å². The Balaban J connectivity index is 1.67. The lowest BCUT2D eigenvalue weighted by Gasteiger charge is -2.36. The van der Waals surface area contributed by atoms with Crippen LogP contribution < -0.4 is 5.32 Å². The predicted molar refractivity (Wildman–Crippen MR) is 103 cm³/mol. The van der Waals surface area contributed by atoms with E-state index in [1.807, 2.05) is 11.3 Å². The minimum absolute atomic E-state index is 0.177. The number of nitrogens with one attached hydrogen (secondary N) is 1. The average Bonchev–Trinajstić information content (AvgIpc) is 3.35. The van der Waals surface area contributed by atoms with E-state index in [1.165, 1.54) is 26.4 Å². The average molecular weight is 355 g/mol. The second-order valence-corrected chi connectivity index (χ2v) is 8.46. The summed E-state index contributed by atoms with van der Waals surface area (Å²) < 4.78 is 0. The standard InChI is InChI=1S/C21H26N2OS/c1-3-17-14(2)25-21-18(17)11-12-23(13-19(24)22-16-9-10-16)20(21)15-7-5-4-6-8-15/h4-8,16,20H,3,9-13H2,1-2H3,(H,22,24). The van der Waals surface area contributed by atoms with Gasteiger partial charge in [0.05, 0.1) is 12.6 Å². The number of aryl methyl sites for hydroxylation is 1. The molecule has 0 saturated heterocycles. The Morgan fingerprint density at radius 3 is 2.72 bits per heavy atom. The Labute approximate surface area is 154 Å². The lowest BCUT2D eigenvalue weighted by Crippen LogP contribution is -2.43. The summed E-state index contributed by atoms with van der Waals surface area (Å²) in [7, 11) is 0. The smallest absolute Gasteiger partial charge is 0.234 e. The number of benzene rings is 1. The minimum atomic E-state index is 0.177. The third-order valence-electron chi connectivity index (χ3n) is 5.37. The molecule has 0 bridgehead atoms. The first-order valence-corrected chi connectivity index (χ1v) is 10.2. The van der Waals surface area contributed by atoms with Crippen molar-refractivity contribution in [1.82, 2.24) is 10.2 Å². The van der Waals surface area contributed by atoms with E-state index in [4.69, 9.17) is 0 Å². The van der Waals surface area contributed by atoms with Gasteiger partial charge in [0, 0.05) is 22.3 Å². The second kappa shape index (κ2) is 6.93. The highest BCUT2D eigenvalue weighted by Gasteiger charge is 2.34. The van der Waals surface area contributed by atoms with Gasteiger partial charge in [-0.25, -0.2) is 0 Å². The molecule has 3 nitrogen and oxygen atoms in total. The molecule has 132 valence electrons. The fraction of sp³-hybridized carbons (Fsp3) is 0.476. The number of thiophene rings is 1. The fourth-order valence-corrected chi connectivity index (χ4v) is 5.48. The normalized spacial score (nSPS) is 20.3. The summed E-state index contributed by atoms with van der Waals surface area (Å²) in [5.41, 5.74) is 4.37. The van der Waals surface area contributed by atoms with Gasteiger partial charge < -0.3 is 5.32 Å². The highest BCUT2D eigenvalue weighted by atomic mass is 32.1. The van der Waals surface area contributed by atoms with E-state index < -0.39 is 0 Å². The van der Waals surface area contributed by atoms with Crippen LogP contribution in [0.3, 0.4) is 0 Å². The van der Waals surface area contributed by atoms with E-state index in [9.17, 15) is 4.79 Å². The van der Waals surface area contributed by atoms with Crippen molar-refractivity contribution in [2.45, 2.75) is 51.6 Å². The van der Waals surface area contributed by atoms with Crippen LogP contribution in [0.25, 0.3) is 0 Å². The Bertz CT molecular complexity index is 764. The van der Waals surface area contributed by atoms with Crippen LogP contribution in [0.15, 0.2) is 30.3 Å². The predicted octanol–water partition coefficient (Wildman–Crippen LogP) is 3.85. The maximum atomic E-state index is 12.4. The van der Waals surface area contributed by atoms with E-state index >= 15 is 0 Å². The molecular weight excluding hydrogens is 328 g/mol. The molecule has 1 atom stereocenters. The molecule has 2 aromatic rings. The summed E-state index contributed by atoms with van der Waals surface area (Å²) in [6, 6.07) is 11.3. The molecule has 0 spiro atoms. The molecule has 1 aromatic carbocycles. The van der Waals surface area contributed by atoms with Gasteiger partial charge in [0.15, 0.2) is 0 Å². The van der Waals surface area contributed by atoms with E-state index in [-0.39, 0.29) is 11.9 Å². The molecular formula is C21H26N2OS. The van der Waals surface area contributed by atoms with E-state index in [0.29, 0.717) is 12.6 Å². The zero-order valence-corrected chi connectivity index (χ0v) is 15.9. The van der Waals surface area contributed by atoms with Crippen molar-refractivity contribution in [2.24, 2.45) is 0 Å². The molecule has 0 radical (unpaired) electrons. The molecule has 1 amide bonds. The van der Waals surface area contributed by atoms with Gasteiger partial charge in [0.1, 0.15) is 0 Å². The minimum Gasteiger partial charge on any atom is -0.352 e. The lowest BCUT2D eigenvalue weighted by molar-refractivity contribution is -0.122. The maximum Gasteiger partial charge on any atom is 0.234 e. The first-order valence-electron chi connectivity index (χ1n) is 9.36. The zero-order valence-electron chi connectivity index (χ0n) is 15.0. The summed E-state index contributed by atoms with van der Waals surface area (Å²) in [5, 5.41) is 3.15. The van der Waals surface area contributed by atoms with Crippen molar-refractivity contribution in [1.29, 1.82) is 0 Å². The highest BCUT2D eigenvalue weighted by molar-refractivity contribution is 7.12. The number of amides is 1. The summed E-state index contributed by atoms with van der Waals surface area (Å²) in [6.07, 6.45) is 4.44. The van der Waals surface area contributed by atoms with Crippen LogP contribution in [0.1, 0.15) is 52.3 Å². The molecule has 1 saturated carbocycles. The molecule has 2 aliphatic rings. The Morgan fingerprint density at radius 1 is 1.28 bits per heavy atom. The molecule has 1 aliphatic carbocycles. The Kier molecular flexibility index (Phi) is 4.65. The van der Waals surface area contributed by atoms with Gasteiger partial charge in [-0.15, -0.1) is 11.3 Å². The van der Waals surface area contributed by atoms with Crippen molar-refractivity contribution in [3.8, 4) is 0 Å². The van der Waals surface area contributed by atoms with Gasteiger partial charge in [-0.3, -0.25) is 9.69 Å². The maximum absolute atomic E-state index is 12.4. The molecule has 1 aliphatic heterocycles. The third-order valence-corrected chi connectivity index (χ3v) is 6.61. The monoisotopic (exact) mass is 354 g/mol. The molecule has 4 rings (SSSR count).